The highest BCUT2D eigenvalue weighted by Crippen LogP contribution is 2.31. The minimum Gasteiger partial charge on any atom is -0.387 e. The van der Waals surface area contributed by atoms with E-state index in [9.17, 15) is 0 Å². The van der Waals surface area contributed by atoms with E-state index in [2.05, 4.69) is 22.2 Å². The average molecular weight is 252 g/mol. The van der Waals surface area contributed by atoms with E-state index in [4.69, 9.17) is 11.1 Å². The van der Waals surface area contributed by atoms with Gasteiger partial charge in [-0.05, 0) is 32.9 Å². The van der Waals surface area contributed by atoms with Crippen molar-refractivity contribution in [2.75, 3.05) is 13.1 Å². The molecule has 0 spiro atoms. The maximum atomic E-state index is 7.62. The third-order valence-electron chi connectivity index (χ3n) is 3.64. The van der Waals surface area contributed by atoms with E-state index < -0.39 is 0 Å². The third-order valence-corrected chi connectivity index (χ3v) is 4.59. The molecule has 1 saturated heterocycles. The van der Waals surface area contributed by atoms with Gasteiger partial charge < -0.3 is 5.73 Å². The number of hydrogen-bond donors (Lipinski definition) is 2. The zero-order valence-electron chi connectivity index (χ0n) is 10.5. The number of aryl methyl sites for hydroxylation is 1. The SMILES string of the molecule is Cc1csc(CN2CCC(C)(C(=N)N)CC2)n1. The summed E-state index contributed by atoms with van der Waals surface area (Å²) >= 11 is 1.73. The molecule has 4 nitrogen and oxygen atoms in total. The largest absolute Gasteiger partial charge is 0.387 e. The van der Waals surface area contributed by atoms with Crippen LogP contribution in [0.2, 0.25) is 0 Å². The first kappa shape index (κ1) is 12.5. The van der Waals surface area contributed by atoms with Crippen LogP contribution in [0.1, 0.15) is 30.5 Å². The number of thiazole rings is 1. The second kappa shape index (κ2) is 4.74. The molecule has 1 aromatic heterocycles. The van der Waals surface area contributed by atoms with Gasteiger partial charge in [0.25, 0.3) is 0 Å². The molecule has 0 saturated carbocycles. The molecule has 1 fully saturated rings. The third kappa shape index (κ3) is 2.84. The van der Waals surface area contributed by atoms with Crippen LogP contribution in [-0.2, 0) is 6.54 Å². The summed E-state index contributed by atoms with van der Waals surface area (Å²) in [5, 5.41) is 10.9. The van der Waals surface area contributed by atoms with Gasteiger partial charge >= 0.3 is 0 Å². The minimum absolute atomic E-state index is 0.0880. The van der Waals surface area contributed by atoms with Gasteiger partial charge in [0.15, 0.2) is 0 Å². The molecule has 0 radical (unpaired) electrons. The first-order valence-corrected chi connectivity index (χ1v) is 6.85. The van der Waals surface area contributed by atoms with Crippen LogP contribution >= 0.6 is 11.3 Å². The number of amidine groups is 1. The Bertz CT molecular complexity index is 404. The molecule has 94 valence electrons. The minimum atomic E-state index is -0.0880. The van der Waals surface area contributed by atoms with Crippen molar-refractivity contribution in [2.24, 2.45) is 11.1 Å². The summed E-state index contributed by atoms with van der Waals surface area (Å²) in [4.78, 5) is 6.89. The van der Waals surface area contributed by atoms with Crippen molar-refractivity contribution in [3.8, 4) is 0 Å². The van der Waals surface area contributed by atoms with Gasteiger partial charge in [0, 0.05) is 16.5 Å². The van der Waals surface area contributed by atoms with Crippen molar-refractivity contribution >= 4 is 17.2 Å². The van der Waals surface area contributed by atoms with Gasteiger partial charge in [-0.2, -0.15) is 0 Å². The maximum Gasteiger partial charge on any atom is 0.107 e. The fourth-order valence-corrected chi connectivity index (χ4v) is 2.95. The monoisotopic (exact) mass is 252 g/mol. The van der Waals surface area contributed by atoms with Crippen molar-refractivity contribution in [3.05, 3.63) is 16.1 Å². The summed E-state index contributed by atoms with van der Waals surface area (Å²) in [7, 11) is 0. The standard InChI is InChI=1S/C12H20N4S/c1-9-8-17-10(15-9)7-16-5-3-12(2,4-6-16)11(13)14/h8H,3-7H2,1-2H3,(H3,13,14). The van der Waals surface area contributed by atoms with Crippen LogP contribution in [-0.4, -0.2) is 28.8 Å². The van der Waals surface area contributed by atoms with E-state index >= 15 is 0 Å². The maximum absolute atomic E-state index is 7.62. The number of aromatic nitrogens is 1. The zero-order valence-corrected chi connectivity index (χ0v) is 11.3. The van der Waals surface area contributed by atoms with Crippen molar-refractivity contribution in [1.82, 2.24) is 9.88 Å². The quantitative estimate of drug-likeness (QED) is 0.638. The predicted molar refractivity (Wildman–Crippen MR) is 71.4 cm³/mol. The van der Waals surface area contributed by atoms with Gasteiger partial charge in [0.2, 0.25) is 0 Å². The van der Waals surface area contributed by atoms with Crippen molar-refractivity contribution in [2.45, 2.75) is 33.2 Å². The Morgan fingerprint density at radius 3 is 2.71 bits per heavy atom. The summed E-state index contributed by atoms with van der Waals surface area (Å²) in [5.74, 6) is 0.335. The molecule has 0 atom stereocenters. The van der Waals surface area contributed by atoms with Crippen molar-refractivity contribution in [1.29, 1.82) is 5.41 Å². The Labute approximate surface area is 106 Å². The lowest BCUT2D eigenvalue weighted by molar-refractivity contribution is 0.156. The van der Waals surface area contributed by atoms with Gasteiger partial charge in [0.1, 0.15) is 5.01 Å². The highest BCUT2D eigenvalue weighted by Gasteiger charge is 2.32. The van der Waals surface area contributed by atoms with Gasteiger partial charge in [-0.1, -0.05) is 6.92 Å². The smallest absolute Gasteiger partial charge is 0.107 e. The van der Waals surface area contributed by atoms with E-state index in [1.807, 2.05) is 6.92 Å². The fourth-order valence-electron chi connectivity index (χ4n) is 2.14. The first-order chi connectivity index (χ1) is 7.99. The Morgan fingerprint density at radius 2 is 2.24 bits per heavy atom. The molecule has 0 aromatic carbocycles. The molecular formula is C12H20N4S. The molecule has 0 unspecified atom stereocenters. The number of nitrogens with zero attached hydrogens (tertiary/aromatic N) is 2. The molecule has 0 amide bonds. The van der Waals surface area contributed by atoms with Gasteiger partial charge in [0.05, 0.1) is 12.4 Å². The molecule has 0 aliphatic carbocycles. The van der Waals surface area contributed by atoms with E-state index in [0.29, 0.717) is 5.84 Å². The molecule has 3 N–H and O–H groups in total. The number of rotatable bonds is 3. The van der Waals surface area contributed by atoms with Gasteiger partial charge in [-0.25, -0.2) is 4.98 Å². The summed E-state index contributed by atoms with van der Waals surface area (Å²) in [6.07, 6.45) is 1.96. The average Bonchev–Trinajstić information content (AvgIpc) is 2.67. The Kier molecular flexibility index (Phi) is 3.49. The van der Waals surface area contributed by atoms with Crippen molar-refractivity contribution < 1.29 is 0 Å². The fraction of sp³-hybridized carbons (Fsp3) is 0.667. The van der Waals surface area contributed by atoms with E-state index in [1.54, 1.807) is 11.3 Å². The zero-order chi connectivity index (χ0) is 12.5. The molecule has 1 aromatic rings. The summed E-state index contributed by atoms with van der Waals surface area (Å²) in [6, 6.07) is 0. The topological polar surface area (TPSA) is 66.0 Å². The number of hydrogen-bond acceptors (Lipinski definition) is 4. The van der Waals surface area contributed by atoms with Crippen LogP contribution in [0, 0.1) is 17.7 Å². The van der Waals surface area contributed by atoms with E-state index in [-0.39, 0.29) is 5.41 Å². The number of likely N-dealkylation sites (tertiary alicyclic amines) is 1. The van der Waals surface area contributed by atoms with Crippen LogP contribution in [0.15, 0.2) is 5.38 Å². The molecule has 0 bridgehead atoms. The summed E-state index contributed by atoms with van der Waals surface area (Å²) in [6.45, 7) is 7.08. The molecule has 1 aliphatic heterocycles. The molecule has 5 heteroatoms. The second-order valence-corrected chi connectivity index (χ2v) is 6.08. The number of nitrogens with two attached hydrogens (primary N) is 1. The lowest BCUT2D eigenvalue weighted by Crippen LogP contribution is -2.44. The molecular weight excluding hydrogens is 232 g/mol. The van der Waals surface area contributed by atoms with Gasteiger partial charge in [-0.15, -0.1) is 11.3 Å². The van der Waals surface area contributed by atoms with Crippen LogP contribution in [0.5, 0.6) is 0 Å². The Morgan fingerprint density at radius 1 is 1.59 bits per heavy atom. The van der Waals surface area contributed by atoms with Gasteiger partial charge in [-0.3, -0.25) is 10.3 Å². The van der Waals surface area contributed by atoms with Crippen LogP contribution in [0.4, 0.5) is 0 Å². The number of nitrogens with one attached hydrogen (secondary N) is 1. The van der Waals surface area contributed by atoms with Crippen LogP contribution in [0.3, 0.4) is 0 Å². The molecule has 2 rings (SSSR count). The first-order valence-electron chi connectivity index (χ1n) is 5.97. The molecule has 17 heavy (non-hydrogen) atoms. The second-order valence-electron chi connectivity index (χ2n) is 5.13. The van der Waals surface area contributed by atoms with Crippen LogP contribution < -0.4 is 5.73 Å². The predicted octanol–water partition coefficient (Wildman–Crippen LogP) is 1.99. The van der Waals surface area contributed by atoms with Crippen molar-refractivity contribution in [3.63, 3.8) is 0 Å². The summed E-state index contributed by atoms with van der Waals surface area (Å²) < 4.78 is 0. The lowest BCUT2D eigenvalue weighted by atomic mass is 9.79. The molecule has 1 aliphatic rings. The van der Waals surface area contributed by atoms with Crippen LogP contribution in [0.25, 0.3) is 0 Å². The summed E-state index contributed by atoms with van der Waals surface area (Å²) in [5.41, 5.74) is 6.68. The molecule has 2 heterocycles. The normalized spacial score (nSPS) is 20.4. The van der Waals surface area contributed by atoms with E-state index in [0.717, 1.165) is 38.2 Å². The lowest BCUT2D eigenvalue weighted by Gasteiger charge is -2.38. The highest BCUT2D eigenvalue weighted by atomic mass is 32.1. The Hall–Kier alpha value is -0.940. The highest BCUT2D eigenvalue weighted by molar-refractivity contribution is 7.09. The number of piperidine rings is 1. The Balaban J connectivity index is 1.89. The van der Waals surface area contributed by atoms with E-state index in [1.165, 1.54) is 5.01 Å².